The molecular formula is C37H44N4O7. The predicted molar refractivity (Wildman–Crippen MR) is 180 cm³/mol. The summed E-state index contributed by atoms with van der Waals surface area (Å²) >= 11 is 0. The van der Waals surface area contributed by atoms with Crippen molar-refractivity contribution >= 4 is 18.1 Å². The quantitative estimate of drug-likeness (QED) is 0.128. The van der Waals surface area contributed by atoms with Gasteiger partial charge in [-0.25, -0.2) is 9.59 Å². The van der Waals surface area contributed by atoms with Gasteiger partial charge >= 0.3 is 12.2 Å². The van der Waals surface area contributed by atoms with E-state index in [1.54, 1.807) is 12.1 Å². The summed E-state index contributed by atoms with van der Waals surface area (Å²) in [6.45, 7) is 5.46. The Labute approximate surface area is 281 Å². The van der Waals surface area contributed by atoms with Crippen LogP contribution in [0.2, 0.25) is 0 Å². The second kappa shape index (κ2) is 18.2. The molecule has 0 aliphatic heterocycles. The van der Waals surface area contributed by atoms with Crippen LogP contribution in [0, 0.1) is 12.8 Å². The van der Waals surface area contributed by atoms with Gasteiger partial charge in [-0.05, 0) is 61.4 Å². The van der Waals surface area contributed by atoms with E-state index in [2.05, 4.69) is 20.9 Å². The third-order valence-electron chi connectivity index (χ3n) is 7.73. The van der Waals surface area contributed by atoms with Crippen molar-refractivity contribution in [2.75, 3.05) is 0 Å². The number of aliphatic hydroxyl groups excluding tert-OH is 1. The van der Waals surface area contributed by atoms with Crippen LogP contribution in [0.1, 0.15) is 48.3 Å². The first-order valence-corrected chi connectivity index (χ1v) is 16.0. The number of furan rings is 1. The van der Waals surface area contributed by atoms with Crippen molar-refractivity contribution in [1.29, 1.82) is 0 Å². The van der Waals surface area contributed by atoms with Gasteiger partial charge in [0.05, 0.1) is 30.4 Å². The zero-order chi connectivity index (χ0) is 34.3. The number of nitrogens with one attached hydrogen (secondary N) is 3. The highest BCUT2D eigenvalue weighted by molar-refractivity contribution is 5.86. The molecule has 0 aliphatic carbocycles. The molecule has 2 aromatic heterocycles. The average molecular weight is 657 g/mol. The van der Waals surface area contributed by atoms with Gasteiger partial charge in [0.15, 0.2) is 0 Å². The van der Waals surface area contributed by atoms with E-state index in [1.165, 1.54) is 12.5 Å². The molecule has 0 bridgehead atoms. The maximum atomic E-state index is 13.7. The van der Waals surface area contributed by atoms with E-state index in [1.807, 2.05) is 93.6 Å². The van der Waals surface area contributed by atoms with Crippen molar-refractivity contribution in [3.05, 3.63) is 126 Å². The number of carbonyl (C=O) groups is 3. The number of aromatic nitrogens is 1. The molecule has 11 heteroatoms. The van der Waals surface area contributed by atoms with E-state index in [0.717, 1.165) is 16.8 Å². The van der Waals surface area contributed by atoms with Crippen LogP contribution in [0.15, 0.2) is 102 Å². The van der Waals surface area contributed by atoms with Crippen LogP contribution in [-0.4, -0.2) is 52.4 Å². The van der Waals surface area contributed by atoms with E-state index in [-0.39, 0.29) is 25.6 Å². The smallest absolute Gasteiger partial charge is 0.408 e. The molecule has 0 saturated carbocycles. The molecule has 2 heterocycles. The SMILES string of the molecule is Cc1cccc(COC(=O)NC(C(=O)N[C@@H](Cc2ccccc2)C[C@H](O)[C@H](Cc2ccccc2)NC(=O)OCc2ccoc2)C(C)C)n1. The zero-order valence-corrected chi connectivity index (χ0v) is 27.5. The van der Waals surface area contributed by atoms with Crippen molar-refractivity contribution < 1.29 is 33.4 Å². The predicted octanol–water partition coefficient (Wildman–Crippen LogP) is 5.25. The molecule has 4 rings (SSSR count). The fraction of sp³-hybridized carbons (Fsp3) is 0.351. The zero-order valence-electron chi connectivity index (χ0n) is 27.5. The molecule has 0 saturated heterocycles. The minimum atomic E-state index is -1.07. The third kappa shape index (κ3) is 11.9. The van der Waals surface area contributed by atoms with E-state index in [0.29, 0.717) is 24.1 Å². The molecule has 4 N–H and O–H groups in total. The van der Waals surface area contributed by atoms with E-state index >= 15 is 0 Å². The topological polar surface area (TPSA) is 152 Å². The lowest BCUT2D eigenvalue weighted by atomic mass is 9.93. The van der Waals surface area contributed by atoms with Crippen molar-refractivity contribution in [1.82, 2.24) is 20.9 Å². The molecule has 11 nitrogen and oxygen atoms in total. The van der Waals surface area contributed by atoms with Gasteiger partial charge < -0.3 is 34.9 Å². The van der Waals surface area contributed by atoms with Gasteiger partial charge in [0.25, 0.3) is 0 Å². The molecule has 2 aromatic carbocycles. The van der Waals surface area contributed by atoms with Crippen LogP contribution in [0.3, 0.4) is 0 Å². The number of pyridine rings is 1. The first-order chi connectivity index (χ1) is 23.2. The number of hydrogen-bond donors (Lipinski definition) is 4. The summed E-state index contributed by atoms with van der Waals surface area (Å²) in [6.07, 6.45) is 1.31. The molecule has 254 valence electrons. The van der Waals surface area contributed by atoms with Gasteiger partial charge in [0.2, 0.25) is 5.91 Å². The Hall–Kier alpha value is -5.16. The number of hydrogen-bond acceptors (Lipinski definition) is 8. The molecule has 3 amide bonds. The third-order valence-corrected chi connectivity index (χ3v) is 7.73. The second-order valence-corrected chi connectivity index (χ2v) is 12.1. The van der Waals surface area contributed by atoms with Gasteiger partial charge in [-0.3, -0.25) is 9.78 Å². The van der Waals surface area contributed by atoms with Gasteiger partial charge in [-0.15, -0.1) is 0 Å². The first-order valence-electron chi connectivity index (χ1n) is 16.0. The average Bonchev–Trinajstić information content (AvgIpc) is 3.60. The minimum absolute atomic E-state index is 0.0106. The maximum absolute atomic E-state index is 13.7. The lowest BCUT2D eigenvalue weighted by Crippen LogP contribution is -2.54. The highest BCUT2D eigenvalue weighted by Gasteiger charge is 2.30. The number of rotatable bonds is 16. The Balaban J connectivity index is 1.45. The van der Waals surface area contributed by atoms with Crippen molar-refractivity contribution in [3.8, 4) is 0 Å². The Morgan fingerprint density at radius 1 is 0.771 bits per heavy atom. The number of aliphatic hydroxyl groups is 1. The van der Waals surface area contributed by atoms with Crippen molar-refractivity contribution in [2.24, 2.45) is 5.92 Å². The summed E-state index contributed by atoms with van der Waals surface area (Å²) < 4.78 is 15.8. The van der Waals surface area contributed by atoms with Crippen LogP contribution < -0.4 is 16.0 Å². The van der Waals surface area contributed by atoms with E-state index in [9.17, 15) is 19.5 Å². The second-order valence-electron chi connectivity index (χ2n) is 12.1. The molecule has 0 fully saturated rings. The molecule has 4 aromatic rings. The van der Waals surface area contributed by atoms with Crippen LogP contribution in [0.25, 0.3) is 0 Å². The summed E-state index contributed by atoms with van der Waals surface area (Å²) in [5, 5.41) is 20.1. The van der Waals surface area contributed by atoms with Crippen LogP contribution >= 0.6 is 0 Å². The van der Waals surface area contributed by atoms with Gasteiger partial charge in [0, 0.05) is 17.3 Å². The lowest BCUT2D eigenvalue weighted by Gasteiger charge is -2.30. The number of benzene rings is 2. The van der Waals surface area contributed by atoms with Crippen molar-refractivity contribution in [2.45, 2.75) is 77.5 Å². The van der Waals surface area contributed by atoms with Crippen molar-refractivity contribution in [3.63, 3.8) is 0 Å². The van der Waals surface area contributed by atoms with Gasteiger partial charge in [-0.1, -0.05) is 80.6 Å². The standard InChI is InChI=1S/C37H44N4O7/c1-25(2)34(41-37(45)48-24-30-16-10-11-26(3)38-30)35(43)39-31(19-27-12-6-4-7-13-27)21-33(42)32(20-28-14-8-5-9-15-28)40-36(44)47-23-29-17-18-46-22-29/h4-18,22,25,31-34,42H,19-21,23-24H2,1-3H3,(H,39,43)(H,40,44)(H,41,45)/t31-,32-,33-,34?/m0/s1. The van der Waals surface area contributed by atoms with Crippen LogP contribution in [0.4, 0.5) is 9.59 Å². The molecule has 0 spiro atoms. The number of nitrogens with zero attached hydrogens (tertiary/aromatic N) is 1. The number of ether oxygens (including phenoxy) is 2. The molecule has 48 heavy (non-hydrogen) atoms. The maximum Gasteiger partial charge on any atom is 0.408 e. The van der Waals surface area contributed by atoms with E-state index < -0.39 is 42.3 Å². The molecule has 0 aliphatic rings. The molecule has 0 radical (unpaired) electrons. The van der Waals surface area contributed by atoms with Gasteiger partial charge in [0.1, 0.15) is 19.3 Å². The normalized spacial score (nSPS) is 13.5. The summed E-state index contributed by atoms with van der Waals surface area (Å²) in [6, 6.07) is 24.0. The molecule has 4 atom stereocenters. The largest absolute Gasteiger partial charge is 0.472 e. The molecule has 1 unspecified atom stereocenters. The summed E-state index contributed by atoms with van der Waals surface area (Å²) in [7, 11) is 0. The van der Waals surface area contributed by atoms with Gasteiger partial charge in [-0.2, -0.15) is 0 Å². The number of amides is 3. The first kappa shape index (κ1) is 35.7. The fourth-order valence-corrected chi connectivity index (χ4v) is 5.23. The summed E-state index contributed by atoms with van der Waals surface area (Å²) in [5.41, 5.74) is 3.94. The Morgan fingerprint density at radius 2 is 1.42 bits per heavy atom. The number of carbonyl (C=O) groups excluding carboxylic acids is 3. The fourth-order valence-electron chi connectivity index (χ4n) is 5.23. The summed E-state index contributed by atoms with van der Waals surface area (Å²) in [5.74, 6) is -0.690. The lowest BCUT2D eigenvalue weighted by molar-refractivity contribution is -0.125. The number of alkyl carbamates (subject to hydrolysis) is 2. The Bertz CT molecular complexity index is 1570. The van der Waals surface area contributed by atoms with Crippen LogP contribution in [0.5, 0.6) is 0 Å². The Kier molecular flexibility index (Phi) is 13.6. The minimum Gasteiger partial charge on any atom is -0.472 e. The molecular weight excluding hydrogens is 612 g/mol. The Morgan fingerprint density at radius 3 is 2.04 bits per heavy atom. The van der Waals surface area contributed by atoms with Crippen LogP contribution in [-0.2, 0) is 40.3 Å². The number of aryl methyl sites for hydroxylation is 1. The highest BCUT2D eigenvalue weighted by atomic mass is 16.6. The van der Waals surface area contributed by atoms with E-state index in [4.69, 9.17) is 13.9 Å². The summed E-state index contributed by atoms with van der Waals surface area (Å²) in [4.78, 5) is 43.6. The highest BCUT2D eigenvalue weighted by Crippen LogP contribution is 2.16. The monoisotopic (exact) mass is 656 g/mol.